The number of hydrogen-bond acceptors (Lipinski definition) is 6. The summed E-state index contributed by atoms with van der Waals surface area (Å²) >= 11 is 5.88. The third-order valence-electron chi connectivity index (χ3n) is 4.06. The van der Waals surface area contributed by atoms with E-state index in [9.17, 15) is 18.3 Å². The zero-order valence-corrected chi connectivity index (χ0v) is 17.9. The summed E-state index contributed by atoms with van der Waals surface area (Å²) in [6, 6.07) is 16.4. The third kappa shape index (κ3) is 6.03. The molecule has 10 heteroatoms. The van der Waals surface area contributed by atoms with Gasteiger partial charge in [-0.05, 0) is 60.7 Å². The summed E-state index contributed by atoms with van der Waals surface area (Å²) in [4.78, 5) is 12.0. The van der Waals surface area contributed by atoms with Crippen LogP contribution in [0.1, 0.15) is 0 Å². The van der Waals surface area contributed by atoms with Crippen molar-refractivity contribution in [2.45, 2.75) is 4.90 Å². The maximum Gasteiger partial charge on any atom is 0.262 e. The number of ether oxygens (including phenoxy) is 2. The lowest BCUT2D eigenvalue weighted by atomic mass is 10.3. The Hall–Kier alpha value is -3.43. The monoisotopic (exact) mass is 462 g/mol. The van der Waals surface area contributed by atoms with Gasteiger partial charge in [-0.3, -0.25) is 9.52 Å². The molecular formula is C21H19ClN2O6S. The molecule has 0 spiro atoms. The number of aromatic hydroxyl groups is 1. The molecule has 3 aromatic carbocycles. The summed E-state index contributed by atoms with van der Waals surface area (Å²) < 4.78 is 38.1. The smallest absolute Gasteiger partial charge is 0.262 e. The Labute approximate surface area is 184 Å². The number of amides is 1. The van der Waals surface area contributed by atoms with E-state index in [4.69, 9.17) is 21.1 Å². The van der Waals surface area contributed by atoms with Crippen molar-refractivity contribution >= 4 is 38.9 Å². The molecule has 3 N–H and O–H groups in total. The van der Waals surface area contributed by atoms with Crippen LogP contribution in [0.5, 0.6) is 17.2 Å². The minimum Gasteiger partial charge on any atom is -0.506 e. The number of nitrogens with one attached hydrogen (secondary N) is 2. The molecule has 0 aliphatic rings. The Balaban J connectivity index is 1.68. The SMILES string of the molecule is COc1ccc(OCC(=O)Nc2cc(S(=O)(=O)Nc3cccc(Cl)c3)ccc2O)cc1. The molecule has 0 saturated carbocycles. The summed E-state index contributed by atoms with van der Waals surface area (Å²) in [6.45, 7) is -0.344. The van der Waals surface area contributed by atoms with Gasteiger partial charge in [-0.15, -0.1) is 0 Å². The fourth-order valence-corrected chi connectivity index (χ4v) is 3.82. The number of carbonyl (C=O) groups is 1. The average molecular weight is 463 g/mol. The molecule has 0 aliphatic carbocycles. The van der Waals surface area contributed by atoms with Crippen molar-refractivity contribution < 1.29 is 27.8 Å². The van der Waals surface area contributed by atoms with Crippen LogP contribution in [-0.4, -0.2) is 33.1 Å². The number of phenolic OH excluding ortho intramolecular Hbond substituents is 1. The summed E-state index contributed by atoms with van der Waals surface area (Å²) in [5.74, 6) is 0.219. The highest BCUT2D eigenvalue weighted by Crippen LogP contribution is 2.28. The molecule has 3 rings (SSSR count). The quantitative estimate of drug-likeness (QED) is 0.438. The van der Waals surface area contributed by atoms with Gasteiger partial charge in [0, 0.05) is 5.02 Å². The molecule has 0 fully saturated rings. The van der Waals surface area contributed by atoms with Crippen LogP contribution in [0.3, 0.4) is 0 Å². The molecule has 8 nitrogen and oxygen atoms in total. The van der Waals surface area contributed by atoms with Gasteiger partial charge in [0.25, 0.3) is 15.9 Å². The molecule has 0 aliphatic heterocycles. The highest BCUT2D eigenvalue weighted by molar-refractivity contribution is 7.92. The maximum atomic E-state index is 12.6. The molecule has 0 radical (unpaired) electrons. The summed E-state index contributed by atoms with van der Waals surface area (Å²) in [5, 5.41) is 12.8. The second-order valence-corrected chi connectivity index (χ2v) is 8.43. The number of rotatable bonds is 8. The van der Waals surface area contributed by atoms with Crippen LogP contribution in [-0.2, 0) is 14.8 Å². The molecular weight excluding hydrogens is 444 g/mol. The molecule has 0 atom stereocenters. The Bertz CT molecular complexity index is 1180. The Morgan fingerprint density at radius 1 is 1.03 bits per heavy atom. The van der Waals surface area contributed by atoms with Gasteiger partial charge >= 0.3 is 0 Å². The zero-order valence-electron chi connectivity index (χ0n) is 16.3. The number of carbonyl (C=O) groups excluding carboxylic acids is 1. The van der Waals surface area contributed by atoms with Gasteiger partial charge in [-0.2, -0.15) is 0 Å². The van der Waals surface area contributed by atoms with Crippen LogP contribution >= 0.6 is 11.6 Å². The van der Waals surface area contributed by atoms with E-state index in [0.717, 1.165) is 6.07 Å². The lowest BCUT2D eigenvalue weighted by Crippen LogP contribution is -2.20. The fourth-order valence-electron chi connectivity index (χ4n) is 2.56. The van der Waals surface area contributed by atoms with Gasteiger partial charge in [0.2, 0.25) is 0 Å². The third-order valence-corrected chi connectivity index (χ3v) is 5.67. The maximum absolute atomic E-state index is 12.6. The molecule has 1 amide bonds. The van der Waals surface area contributed by atoms with E-state index in [2.05, 4.69) is 10.0 Å². The van der Waals surface area contributed by atoms with Crippen molar-refractivity contribution in [3.05, 3.63) is 71.8 Å². The van der Waals surface area contributed by atoms with E-state index in [1.165, 1.54) is 25.3 Å². The summed E-state index contributed by atoms with van der Waals surface area (Å²) in [5.41, 5.74) is 0.205. The van der Waals surface area contributed by atoms with Gasteiger partial charge in [-0.1, -0.05) is 17.7 Å². The van der Waals surface area contributed by atoms with E-state index >= 15 is 0 Å². The minimum absolute atomic E-state index is 0.0719. The van der Waals surface area contributed by atoms with Crippen LogP contribution in [0, 0.1) is 0 Å². The van der Waals surface area contributed by atoms with Gasteiger partial charge in [0.15, 0.2) is 6.61 Å². The van der Waals surface area contributed by atoms with Crippen LogP contribution in [0.4, 0.5) is 11.4 Å². The van der Waals surface area contributed by atoms with E-state index < -0.39 is 15.9 Å². The standard InChI is InChI=1S/C21H19ClN2O6S/c1-29-16-5-7-17(8-6-16)30-13-21(26)23-19-12-18(9-10-20(19)25)31(27,28)24-15-4-2-3-14(22)11-15/h2-12,24-25H,13H2,1H3,(H,23,26). The average Bonchev–Trinajstić information content (AvgIpc) is 2.74. The van der Waals surface area contributed by atoms with Crippen molar-refractivity contribution in [3.63, 3.8) is 0 Å². The van der Waals surface area contributed by atoms with Crippen LogP contribution in [0.2, 0.25) is 5.02 Å². The normalized spacial score (nSPS) is 10.9. The highest BCUT2D eigenvalue weighted by Gasteiger charge is 2.18. The Morgan fingerprint density at radius 3 is 2.42 bits per heavy atom. The fraction of sp³-hybridized carbons (Fsp3) is 0.0952. The lowest BCUT2D eigenvalue weighted by molar-refractivity contribution is -0.118. The van der Waals surface area contributed by atoms with Crippen molar-refractivity contribution in [1.29, 1.82) is 0 Å². The first-order valence-electron chi connectivity index (χ1n) is 8.95. The highest BCUT2D eigenvalue weighted by atomic mass is 35.5. The Morgan fingerprint density at radius 2 is 1.74 bits per heavy atom. The number of halogens is 1. The van der Waals surface area contributed by atoms with Gasteiger partial charge in [0.05, 0.1) is 23.4 Å². The van der Waals surface area contributed by atoms with Crippen LogP contribution < -0.4 is 19.5 Å². The Kier molecular flexibility index (Phi) is 6.88. The number of hydrogen-bond donors (Lipinski definition) is 3. The number of sulfonamides is 1. The minimum atomic E-state index is -3.98. The largest absolute Gasteiger partial charge is 0.506 e. The molecule has 0 saturated heterocycles. The van der Waals surface area contributed by atoms with E-state index in [0.29, 0.717) is 16.5 Å². The first-order chi connectivity index (χ1) is 14.8. The molecule has 0 bridgehead atoms. The second-order valence-electron chi connectivity index (χ2n) is 6.31. The zero-order chi connectivity index (χ0) is 22.4. The van der Waals surface area contributed by atoms with Crippen molar-refractivity contribution in [3.8, 4) is 17.2 Å². The number of methoxy groups -OCH3 is 1. The number of phenols is 1. The summed E-state index contributed by atoms with van der Waals surface area (Å²) in [6.07, 6.45) is 0. The van der Waals surface area contributed by atoms with Crippen molar-refractivity contribution in [1.82, 2.24) is 0 Å². The molecule has 3 aromatic rings. The molecule has 0 unspecified atom stereocenters. The topological polar surface area (TPSA) is 114 Å². The number of anilines is 2. The summed E-state index contributed by atoms with van der Waals surface area (Å²) in [7, 11) is -2.44. The molecule has 162 valence electrons. The number of benzene rings is 3. The van der Waals surface area contributed by atoms with Gasteiger partial charge < -0.3 is 19.9 Å². The van der Waals surface area contributed by atoms with Gasteiger partial charge in [-0.25, -0.2) is 8.42 Å². The molecule has 31 heavy (non-hydrogen) atoms. The van der Waals surface area contributed by atoms with Gasteiger partial charge in [0.1, 0.15) is 17.2 Å². The van der Waals surface area contributed by atoms with E-state index in [1.807, 2.05) is 0 Å². The molecule has 0 aromatic heterocycles. The predicted octanol–water partition coefficient (Wildman–Crippen LogP) is 3.87. The van der Waals surface area contributed by atoms with E-state index in [-0.39, 0.29) is 28.6 Å². The van der Waals surface area contributed by atoms with E-state index in [1.54, 1.807) is 42.5 Å². The molecule has 0 heterocycles. The van der Waals surface area contributed by atoms with Crippen molar-refractivity contribution in [2.24, 2.45) is 0 Å². The van der Waals surface area contributed by atoms with Crippen LogP contribution in [0.15, 0.2) is 71.6 Å². The van der Waals surface area contributed by atoms with Crippen molar-refractivity contribution in [2.75, 3.05) is 23.8 Å². The first kappa shape index (κ1) is 22.3. The van der Waals surface area contributed by atoms with Crippen LogP contribution in [0.25, 0.3) is 0 Å². The predicted molar refractivity (Wildman–Crippen MR) is 117 cm³/mol. The first-order valence-corrected chi connectivity index (χ1v) is 10.8. The lowest BCUT2D eigenvalue weighted by Gasteiger charge is -2.12. The second kappa shape index (κ2) is 9.59.